The molecule has 3 aromatic carbocycles. The van der Waals surface area contributed by atoms with Crippen molar-refractivity contribution in [1.82, 2.24) is 19.7 Å². The van der Waals surface area contributed by atoms with Gasteiger partial charge in [0, 0.05) is 6.54 Å². The number of benzene rings is 3. The summed E-state index contributed by atoms with van der Waals surface area (Å²) in [6.07, 6.45) is 2.93. The van der Waals surface area contributed by atoms with Gasteiger partial charge in [0.25, 0.3) is 0 Å². The minimum absolute atomic E-state index is 0.0121. The fourth-order valence-electron chi connectivity index (χ4n) is 5.74. The third kappa shape index (κ3) is 7.36. The molecule has 1 aromatic heterocycles. The van der Waals surface area contributed by atoms with Gasteiger partial charge in [-0.05, 0) is 93.6 Å². The molecule has 0 aliphatic carbocycles. The van der Waals surface area contributed by atoms with Crippen molar-refractivity contribution in [3.05, 3.63) is 77.6 Å². The first-order chi connectivity index (χ1) is 22.5. The van der Waals surface area contributed by atoms with Gasteiger partial charge in [-0.15, -0.1) is 10.2 Å². The Kier molecular flexibility index (Phi) is 11.3. The fraction of sp³-hybridized carbons (Fsp3) is 0.400. The quantitative estimate of drug-likeness (QED) is 0.137. The van der Waals surface area contributed by atoms with Gasteiger partial charge in [-0.3, -0.25) is 9.36 Å². The molecule has 0 radical (unpaired) electrons. The normalized spacial score (nSPS) is 14.0. The lowest BCUT2D eigenvalue weighted by Gasteiger charge is -2.38. The maximum Gasteiger partial charge on any atom is 0.233 e. The first kappa shape index (κ1) is 33.0. The predicted molar refractivity (Wildman–Crippen MR) is 178 cm³/mol. The first-order valence-corrected chi connectivity index (χ1v) is 16.8. The van der Waals surface area contributed by atoms with Crippen LogP contribution in [0.5, 0.6) is 28.7 Å². The van der Waals surface area contributed by atoms with Crippen molar-refractivity contribution in [1.29, 1.82) is 0 Å². The van der Waals surface area contributed by atoms with E-state index in [2.05, 4.69) is 22.3 Å². The van der Waals surface area contributed by atoms with E-state index in [0.29, 0.717) is 74.0 Å². The minimum Gasteiger partial charge on any atom is -0.495 e. The second-order valence-electron chi connectivity index (χ2n) is 10.5. The summed E-state index contributed by atoms with van der Waals surface area (Å²) in [5, 5.41) is 9.04. The Morgan fingerprint density at radius 3 is 2.24 bits per heavy atom. The number of fused-ring (bicyclic) bond motifs is 1. The number of carbonyl (C=O) groups is 1. The summed E-state index contributed by atoms with van der Waals surface area (Å²) < 4.78 is 31.1. The van der Waals surface area contributed by atoms with E-state index in [1.54, 1.807) is 13.4 Å². The van der Waals surface area contributed by atoms with Crippen LogP contribution >= 0.6 is 11.8 Å². The molecule has 1 aliphatic rings. The number of amides is 1. The summed E-state index contributed by atoms with van der Waals surface area (Å²) in [6, 6.07) is 17.6. The average molecular weight is 647 g/mol. The molecule has 0 saturated heterocycles. The summed E-state index contributed by atoms with van der Waals surface area (Å²) in [6.45, 7) is 10.5. The standard InChI is InChI=1S/C35H42N4O6S/c1-6-42-30-15-14-24(19-31(30)43-7-2)18-28-26-21-33(45-9-4)32(44-8-3)20-25(26)16-17-38(28)34(40)22-46-35-37-36-23-39(35)27-12-10-11-13-29(27)41-5/h10-15,19-21,23,28H,6-9,16-18,22H2,1-5H3/t28-/m0/s1. The average Bonchev–Trinajstić information content (AvgIpc) is 3.54. The summed E-state index contributed by atoms with van der Waals surface area (Å²) >= 11 is 1.36. The predicted octanol–water partition coefficient (Wildman–Crippen LogP) is 6.33. The smallest absolute Gasteiger partial charge is 0.233 e. The number of para-hydroxylation sites is 2. The van der Waals surface area contributed by atoms with Crippen LogP contribution in [0, 0.1) is 0 Å². The van der Waals surface area contributed by atoms with Crippen molar-refractivity contribution in [2.75, 3.05) is 45.8 Å². The van der Waals surface area contributed by atoms with Crippen LogP contribution in [0.15, 0.2) is 66.1 Å². The van der Waals surface area contributed by atoms with E-state index in [1.165, 1.54) is 11.8 Å². The maximum absolute atomic E-state index is 14.1. The van der Waals surface area contributed by atoms with E-state index >= 15 is 0 Å². The van der Waals surface area contributed by atoms with Gasteiger partial charge in [0.05, 0.1) is 51.0 Å². The Bertz CT molecular complexity index is 1630. The lowest BCUT2D eigenvalue weighted by Crippen LogP contribution is -2.42. The van der Waals surface area contributed by atoms with Gasteiger partial charge < -0.3 is 28.6 Å². The van der Waals surface area contributed by atoms with E-state index in [1.807, 2.05) is 79.6 Å². The van der Waals surface area contributed by atoms with Gasteiger partial charge in [0.15, 0.2) is 28.2 Å². The van der Waals surface area contributed by atoms with Crippen molar-refractivity contribution in [3.8, 4) is 34.4 Å². The molecule has 0 N–H and O–H groups in total. The van der Waals surface area contributed by atoms with E-state index in [9.17, 15) is 4.79 Å². The zero-order valence-corrected chi connectivity index (χ0v) is 28.0. The Morgan fingerprint density at radius 2 is 1.52 bits per heavy atom. The Labute approximate surface area is 275 Å². The molecule has 0 spiro atoms. The number of ether oxygens (including phenoxy) is 5. The topological polar surface area (TPSA) is 97.2 Å². The summed E-state index contributed by atoms with van der Waals surface area (Å²) in [7, 11) is 1.63. The van der Waals surface area contributed by atoms with Crippen molar-refractivity contribution in [2.24, 2.45) is 0 Å². The number of hydrogen-bond donors (Lipinski definition) is 0. The molecule has 5 rings (SSSR count). The third-order valence-corrected chi connectivity index (χ3v) is 8.63. The summed E-state index contributed by atoms with van der Waals surface area (Å²) in [4.78, 5) is 16.1. The molecule has 1 atom stereocenters. The third-order valence-electron chi connectivity index (χ3n) is 7.71. The number of methoxy groups -OCH3 is 1. The van der Waals surface area contributed by atoms with Gasteiger partial charge in [-0.25, -0.2) is 0 Å². The second-order valence-corrected chi connectivity index (χ2v) is 11.5. The molecule has 46 heavy (non-hydrogen) atoms. The van der Waals surface area contributed by atoms with Crippen molar-refractivity contribution < 1.29 is 28.5 Å². The van der Waals surface area contributed by atoms with Crippen molar-refractivity contribution >= 4 is 17.7 Å². The molecule has 4 aromatic rings. The second kappa shape index (κ2) is 15.8. The van der Waals surface area contributed by atoms with Gasteiger partial charge in [-0.1, -0.05) is 30.0 Å². The van der Waals surface area contributed by atoms with Crippen LogP contribution in [0.4, 0.5) is 0 Å². The van der Waals surface area contributed by atoms with Crippen LogP contribution in [0.1, 0.15) is 50.4 Å². The highest BCUT2D eigenvalue weighted by molar-refractivity contribution is 7.99. The van der Waals surface area contributed by atoms with Crippen LogP contribution in [0.2, 0.25) is 0 Å². The Balaban J connectivity index is 1.46. The minimum atomic E-state index is -0.230. The van der Waals surface area contributed by atoms with E-state index < -0.39 is 0 Å². The van der Waals surface area contributed by atoms with E-state index in [0.717, 1.165) is 28.1 Å². The number of nitrogens with zero attached hydrogens (tertiary/aromatic N) is 4. The van der Waals surface area contributed by atoms with Gasteiger partial charge in [-0.2, -0.15) is 0 Å². The maximum atomic E-state index is 14.1. The molecule has 0 saturated carbocycles. The van der Waals surface area contributed by atoms with E-state index in [4.69, 9.17) is 23.7 Å². The number of hydrogen-bond acceptors (Lipinski definition) is 9. The summed E-state index contributed by atoms with van der Waals surface area (Å²) in [5.41, 5.74) is 4.06. The monoisotopic (exact) mass is 646 g/mol. The highest BCUT2D eigenvalue weighted by Crippen LogP contribution is 2.41. The zero-order chi connectivity index (χ0) is 32.5. The molecule has 244 valence electrons. The number of rotatable bonds is 15. The van der Waals surface area contributed by atoms with Crippen LogP contribution in [-0.4, -0.2) is 71.4 Å². The highest BCUT2D eigenvalue weighted by atomic mass is 32.2. The first-order valence-electron chi connectivity index (χ1n) is 15.8. The summed E-state index contributed by atoms with van der Waals surface area (Å²) in [5.74, 6) is 3.72. The molecule has 2 heterocycles. The molecule has 0 fully saturated rings. The molecule has 1 aliphatic heterocycles. The zero-order valence-electron chi connectivity index (χ0n) is 27.2. The molecule has 1 amide bonds. The largest absolute Gasteiger partial charge is 0.495 e. The lowest BCUT2D eigenvalue weighted by atomic mass is 9.88. The SMILES string of the molecule is CCOc1ccc(C[C@H]2c3cc(OCC)c(OCC)cc3CCN2C(=O)CSc2nncn2-c2ccccc2OC)cc1OCC. The molecule has 0 unspecified atom stereocenters. The number of carbonyl (C=O) groups excluding carboxylic acids is 1. The van der Waals surface area contributed by atoms with Gasteiger partial charge >= 0.3 is 0 Å². The Morgan fingerprint density at radius 1 is 0.848 bits per heavy atom. The number of aromatic nitrogens is 3. The van der Waals surface area contributed by atoms with Gasteiger partial charge in [0.1, 0.15) is 12.1 Å². The van der Waals surface area contributed by atoms with E-state index in [-0.39, 0.29) is 17.7 Å². The molecular weight excluding hydrogens is 604 g/mol. The Hall–Kier alpha value is -4.38. The van der Waals surface area contributed by atoms with Gasteiger partial charge in [0.2, 0.25) is 5.91 Å². The van der Waals surface area contributed by atoms with Crippen LogP contribution in [0.25, 0.3) is 5.69 Å². The molecular formula is C35H42N4O6S. The highest BCUT2D eigenvalue weighted by Gasteiger charge is 2.33. The van der Waals surface area contributed by atoms with Crippen molar-refractivity contribution in [2.45, 2.75) is 51.7 Å². The molecule has 0 bridgehead atoms. The lowest BCUT2D eigenvalue weighted by molar-refractivity contribution is -0.131. The fourth-order valence-corrected chi connectivity index (χ4v) is 6.54. The van der Waals surface area contributed by atoms with Crippen LogP contribution in [0.3, 0.4) is 0 Å². The van der Waals surface area contributed by atoms with Crippen LogP contribution < -0.4 is 23.7 Å². The van der Waals surface area contributed by atoms with Crippen LogP contribution in [-0.2, 0) is 17.6 Å². The number of thioether (sulfide) groups is 1. The van der Waals surface area contributed by atoms with Crippen molar-refractivity contribution in [3.63, 3.8) is 0 Å². The molecule has 10 nitrogen and oxygen atoms in total. The molecule has 11 heteroatoms.